The molecular weight excluding hydrogens is 410 g/mol. The first-order valence-corrected chi connectivity index (χ1v) is 11.3. The van der Waals surface area contributed by atoms with Crippen LogP contribution in [0.5, 0.6) is 0 Å². The summed E-state index contributed by atoms with van der Waals surface area (Å²) in [5, 5.41) is 1.67. The summed E-state index contributed by atoms with van der Waals surface area (Å²) in [7, 11) is 2.01. The van der Waals surface area contributed by atoms with E-state index in [9.17, 15) is 4.79 Å². The zero-order valence-corrected chi connectivity index (χ0v) is 18.0. The third-order valence-electron chi connectivity index (χ3n) is 4.97. The van der Waals surface area contributed by atoms with Gasteiger partial charge in [0.1, 0.15) is 4.91 Å². The zero-order chi connectivity index (χ0) is 20.5. The Bertz CT molecular complexity index is 1160. The van der Waals surface area contributed by atoms with Crippen molar-refractivity contribution in [2.45, 2.75) is 11.4 Å². The fraction of sp³-hybridized carbons (Fsp3) is 0.0833. The van der Waals surface area contributed by atoms with Gasteiger partial charge in [0.25, 0.3) is 5.91 Å². The van der Waals surface area contributed by atoms with Crippen molar-refractivity contribution in [3.05, 3.63) is 100 Å². The monoisotopic (exact) mass is 429 g/mol. The molecule has 0 bridgehead atoms. The van der Waals surface area contributed by atoms with Crippen LogP contribution in [0, 0.1) is 0 Å². The van der Waals surface area contributed by atoms with Crippen LogP contribution in [-0.4, -0.2) is 18.1 Å². The molecule has 0 aromatic heterocycles. The average molecular weight is 430 g/mol. The van der Waals surface area contributed by atoms with Gasteiger partial charge in [-0.1, -0.05) is 72.4 Å². The van der Waals surface area contributed by atoms with Crippen LogP contribution in [-0.2, 0) is 11.3 Å². The second kappa shape index (κ2) is 8.05. The van der Waals surface area contributed by atoms with Gasteiger partial charge in [0.15, 0.2) is 5.17 Å². The molecule has 5 rings (SSSR count). The van der Waals surface area contributed by atoms with Gasteiger partial charge in [0, 0.05) is 11.9 Å². The molecule has 2 aliphatic rings. The van der Waals surface area contributed by atoms with Gasteiger partial charge in [0.05, 0.1) is 22.9 Å². The predicted octanol–water partition coefficient (Wildman–Crippen LogP) is 5.73. The first kappa shape index (κ1) is 19.0. The Labute approximate surface area is 184 Å². The van der Waals surface area contributed by atoms with Gasteiger partial charge in [-0.05, 0) is 41.6 Å². The fourth-order valence-corrected chi connectivity index (χ4v) is 5.78. The number of rotatable bonds is 3. The summed E-state index contributed by atoms with van der Waals surface area (Å²) >= 11 is 3.10. The summed E-state index contributed by atoms with van der Waals surface area (Å²) in [6, 6.07) is 28.1. The summed E-state index contributed by atoms with van der Waals surface area (Å²) < 4.78 is 0. The van der Waals surface area contributed by atoms with E-state index in [0.717, 1.165) is 31.8 Å². The largest absolute Gasteiger partial charge is 0.337 e. The highest BCUT2D eigenvalue weighted by Crippen LogP contribution is 2.50. The number of carbonyl (C=O) groups is 1. The number of para-hydroxylation sites is 2. The minimum atomic E-state index is -0.0276. The van der Waals surface area contributed by atoms with E-state index in [1.807, 2.05) is 67.7 Å². The van der Waals surface area contributed by atoms with Gasteiger partial charge in [-0.3, -0.25) is 14.7 Å². The highest BCUT2D eigenvalue weighted by Gasteiger charge is 2.39. The lowest BCUT2D eigenvalue weighted by Gasteiger charge is -2.16. The first-order valence-electron chi connectivity index (χ1n) is 9.63. The summed E-state index contributed by atoms with van der Waals surface area (Å²) in [4.78, 5) is 24.1. The molecule has 2 heterocycles. The Morgan fingerprint density at radius 2 is 1.50 bits per heavy atom. The smallest absolute Gasteiger partial charge is 0.274 e. The molecule has 148 valence electrons. The van der Waals surface area contributed by atoms with E-state index in [4.69, 9.17) is 4.99 Å². The van der Waals surface area contributed by atoms with Gasteiger partial charge in [0.2, 0.25) is 0 Å². The molecule has 0 atom stereocenters. The summed E-state index contributed by atoms with van der Waals surface area (Å²) in [6.45, 7) is 0.533. The standard InChI is InChI=1S/C24H19N3OS2/c1-26-19-14-8-9-15-20(19)29-23(26)21-22(28)27(18-12-6-3-7-13-18)24(30-21)25-16-17-10-4-2-5-11-17/h2-15H,16H2,1H3/b23-21-,25-24?. The topological polar surface area (TPSA) is 35.9 Å². The van der Waals surface area contributed by atoms with E-state index in [0.29, 0.717) is 11.7 Å². The SMILES string of the molecule is CN1/C(=C2/SC(=NCc3ccccc3)N(c3ccccc3)C2=O)Sc2ccccc21. The Hall–Kier alpha value is -2.96. The number of benzene rings is 3. The minimum absolute atomic E-state index is 0.0276. The minimum Gasteiger partial charge on any atom is -0.337 e. The normalized spacial score (nSPS) is 19.6. The number of carbonyl (C=O) groups excluding carboxylic acids is 1. The molecule has 1 saturated heterocycles. The van der Waals surface area contributed by atoms with Crippen molar-refractivity contribution in [1.82, 2.24) is 0 Å². The van der Waals surface area contributed by atoms with Crippen LogP contribution >= 0.6 is 23.5 Å². The Morgan fingerprint density at radius 1 is 0.833 bits per heavy atom. The molecule has 0 unspecified atom stereocenters. The molecular formula is C24H19N3OS2. The summed E-state index contributed by atoms with van der Waals surface area (Å²) in [5.41, 5.74) is 3.08. The Balaban J connectivity index is 1.55. The lowest BCUT2D eigenvalue weighted by Crippen LogP contribution is -2.29. The molecule has 3 aromatic rings. The average Bonchev–Trinajstić information content (AvgIpc) is 3.30. The van der Waals surface area contributed by atoms with E-state index in [1.165, 1.54) is 11.8 Å². The van der Waals surface area contributed by atoms with E-state index in [1.54, 1.807) is 16.7 Å². The molecule has 0 radical (unpaired) electrons. The molecule has 0 N–H and O–H groups in total. The van der Waals surface area contributed by atoms with Crippen LogP contribution in [0.4, 0.5) is 11.4 Å². The van der Waals surface area contributed by atoms with Crippen molar-refractivity contribution in [2.24, 2.45) is 4.99 Å². The Morgan fingerprint density at radius 3 is 2.23 bits per heavy atom. The number of hydrogen-bond acceptors (Lipinski definition) is 5. The predicted molar refractivity (Wildman–Crippen MR) is 127 cm³/mol. The van der Waals surface area contributed by atoms with Crippen LogP contribution in [0.15, 0.2) is 105 Å². The molecule has 3 aromatic carbocycles. The first-order chi connectivity index (χ1) is 14.7. The maximum atomic E-state index is 13.5. The summed E-state index contributed by atoms with van der Waals surface area (Å²) in [6.07, 6.45) is 0. The fourth-order valence-electron chi connectivity index (χ4n) is 3.46. The number of aliphatic imine (C=N–C) groups is 1. The van der Waals surface area contributed by atoms with Crippen LogP contribution < -0.4 is 9.80 Å². The van der Waals surface area contributed by atoms with Crippen LogP contribution in [0.2, 0.25) is 0 Å². The molecule has 4 nitrogen and oxygen atoms in total. The lowest BCUT2D eigenvalue weighted by atomic mass is 10.2. The van der Waals surface area contributed by atoms with Gasteiger partial charge < -0.3 is 4.90 Å². The second-order valence-corrected chi connectivity index (χ2v) is 8.93. The van der Waals surface area contributed by atoms with Crippen molar-refractivity contribution in [3.8, 4) is 0 Å². The van der Waals surface area contributed by atoms with Crippen molar-refractivity contribution < 1.29 is 4.79 Å². The van der Waals surface area contributed by atoms with E-state index < -0.39 is 0 Å². The maximum Gasteiger partial charge on any atom is 0.274 e. The number of amides is 1. The van der Waals surface area contributed by atoms with Crippen molar-refractivity contribution in [1.29, 1.82) is 0 Å². The third-order valence-corrected chi connectivity index (χ3v) is 7.40. The molecule has 2 aliphatic heterocycles. The molecule has 6 heteroatoms. The number of anilines is 2. The highest BCUT2D eigenvalue weighted by atomic mass is 32.2. The van der Waals surface area contributed by atoms with Gasteiger partial charge >= 0.3 is 0 Å². The molecule has 0 aliphatic carbocycles. The number of amidine groups is 1. The third kappa shape index (κ3) is 3.42. The lowest BCUT2D eigenvalue weighted by molar-refractivity contribution is -0.113. The maximum absolute atomic E-state index is 13.5. The van der Waals surface area contributed by atoms with Crippen molar-refractivity contribution >= 4 is 46.0 Å². The van der Waals surface area contributed by atoms with Crippen LogP contribution in [0.25, 0.3) is 0 Å². The second-order valence-electron chi connectivity index (χ2n) is 6.93. The van der Waals surface area contributed by atoms with Gasteiger partial charge in [-0.25, -0.2) is 0 Å². The Kier molecular flexibility index (Phi) is 5.11. The quantitative estimate of drug-likeness (QED) is 0.498. The molecule has 1 fully saturated rings. The van der Waals surface area contributed by atoms with Gasteiger partial charge in [-0.15, -0.1) is 0 Å². The number of hydrogen-bond donors (Lipinski definition) is 0. The van der Waals surface area contributed by atoms with E-state index in [-0.39, 0.29) is 5.91 Å². The van der Waals surface area contributed by atoms with E-state index in [2.05, 4.69) is 29.2 Å². The van der Waals surface area contributed by atoms with Crippen LogP contribution in [0.3, 0.4) is 0 Å². The number of fused-ring (bicyclic) bond motifs is 1. The van der Waals surface area contributed by atoms with Gasteiger partial charge in [-0.2, -0.15) is 0 Å². The van der Waals surface area contributed by atoms with Crippen molar-refractivity contribution in [3.63, 3.8) is 0 Å². The zero-order valence-electron chi connectivity index (χ0n) is 16.4. The summed E-state index contributed by atoms with van der Waals surface area (Å²) in [5.74, 6) is -0.0276. The number of thioether (sulfide) groups is 2. The molecule has 30 heavy (non-hydrogen) atoms. The van der Waals surface area contributed by atoms with Crippen molar-refractivity contribution in [2.75, 3.05) is 16.8 Å². The van der Waals surface area contributed by atoms with Crippen LogP contribution in [0.1, 0.15) is 5.56 Å². The number of nitrogens with zero attached hydrogens (tertiary/aromatic N) is 3. The molecule has 0 saturated carbocycles. The van der Waals surface area contributed by atoms with E-state index >= 15 is 0 Å². The molecule has 0 spiro atoms. The highest BCUT2D eigenvalue weighted by molar-refractivity contribution is 8.20. The molecule has 1 amide bonds.